The lowest BCUT2D eigenvalue weighted by molar-refractivity contribution is -0.137. The Hall–Kier alpha value is -2.39. The number of ether oxygens (including phenoxy) is 1. The van der Waals surface area contributed by atoms with Crippen molar-refractivity contribution in [3.63, 3.8) is 0 Å². The summed E-state index contributed by atoms with van der Waals surface area (Å²) < 4.78 is 96.1. The molecule has 1 amide bonds. The summed E-state index contributed by atoms with van der Waals surface area (Å²) in [5, 5.41) is 2.10. The van der Waals surface area contributed by atoms with Crippen LogP contribution >= 0.6 is 11.6 Å². The molecule has 1 aliphatic heterocycles. The summed E-state index contributed by atoms with van der Waals surface area (Å²) in [4.78, 5) is 12.5. The van der Waals surface area contributed by atoms with Crippen LogP contribution in [0.3, 0.4) is 0 Å². The van der Waals surface area contributed by atoms with Crippen molar-refractivity contribution in [1.29, 1.82) is 0 Å². The topological polar surface area (TPSA) is 113 Å². The molecule has 15 heteroatoms. The number of amides is 1. The summed E-state index contributed by atoms with van der Waals surface area (Å²) in [5.74, 6) is -0.882. The summed E-state index contributed by atoms with van der Waals surface area (Å²) in [6.07, 6.45) is -4.03. The van der Waals surface area contributed by atoms with Crippen molar-refractivity contribution in [2.24, 2.45) is 0 Å². The molecule has 1 fully saturated rings. The molecular weight excluding hydrogens is 535 g/mol. The van der Waals surface area contributed by atoms with Gasteiger partial charge in [-0.15, -0.1) is 0 Å². The van der Waals surface area contributed by atoms with Crippen LogP contribution in [-0.4, -0.2) is 66.2 Å². The van der Waals surface area contributed by atoms with Gasteiger partial charge in [-0.25, -0.2) is 16.8 Å². The van der Waals surface area contributed by atoms with Gasteiger partial charge in [0, 0.05) is 18.8 Å². The maximum Gasteiger partial charge on any atom is 0.416 e. The average Bonchev–Trinajstić information content (AvgIpc) is 2.77. The van der Waals surface area contributed by atoms with Crippen LogP contribution in [0.1, 0.15) is 5.56 Å². The summed E-state index contributed by atoms with van der Waals surface area (Å²) in [5.41, 5.74) is -1.49. The highest BCUT2D eigenvalue weighted by Gasteiger charge is 2.33. The number of nitrogens with zero attached hydrogens (tertiary/aromatic N) is 2. The molecule has 0 aromatic heterocycles. The molecule has 0 unspecified atom stereocenters. The van der Waals surface area contributed by atoms with Gasteiger partial charge in [-0.2, -0.15) is 17.5 Å². The van der Waals surface area contributed by atoms with Gasteiger partial charge in [0.2, 0.25) is 26.0 Å². The Kier molecular flexibility index (Phi) is 8.01. The lowest BCUT2D eigenvalue weighted by Crippen LogP contribution is -2.40. The van der Waals surface area contributed by atoms with Crippen molar-refractivity contribution in [3.05, 3.63) is 53.1 Å². The molecule has 1 N–H and O–H groups in total. The smallest absolute Gasteiger partial charge is 0.379 e. The van der Waals surface area contributed by atoms with E-state index in [1.54, 1.807) is 0 Å². The van der Waals surface area contributed by atoms with Crippen LogP contribution in [0, 0.1) is 0 Å². The number of halogens is 4. The lowest BCUT2D eigenvalue weighted by atomic mass is 10.2. The van der Waals surface area contributed by atoms with Crippen LogP contribution in [0.2, 0.25) is 5.02 Å². The van der Waals surface area contributed by atoms with Gasteiger partial charge >= 0.3 is 6.18 Å². The molecule has 1 heterocycles. The minimum Gasteiger partial charge on any atom is -0.379 e. The van der Waals surface area contributed by atoms with E-state index in [-0.39, 0.29) is 41.9 Å². The van der Waals surface area contributed by atoms with E-state index in [1.165, 1.54) is 28.6 Å². The monoisotopic (exact) mass is 555 g/mol. The van der Waals surface area contributed by atoms with Crippen molar-refractivity contribution in [2.75, 3.05) is 48.7 Å². The van der Waals surface area contributed by atoms with Crippen LogP contribution in [0.4, 0.5) is 24.5 Å². The number of morpholine rings is 1. The van der Waals surface area contributed by atoms with E-state index in [1.807, 2.05) is 0 Å². The van der Waals surface area contributed by atoms with Crippen molar-refractivity contribution in [3.8, 4) is 0 Å². The molecule has 192 valence electrons. The van der Waals surface area contributed by atoms with Gasteiger partial charge in [0.05, 0.1) is 40.6 Å². The van der Waals surface area contributed by atoms with Crippen LogP contribution in [0.15, 0.2) is 47.4 Å². The van der Waals surface area contributed by atoms with Crippen LogP contribution in [-0.2, 0) is 35.8 Å². The lowest BCUT2D eigenvalue weighted by Gasteiger charge is -2.26. The molecule has 0 spiro atoms. The first-order valence-corrected chi connectivity index (χ1v) is 13.7. The molecule has 35 heavy (non-hydrogen) atoms. The number of rotatable bonds is 7. The van der Waals surface area contributed by atoms with E-state index >= 15 is 0 Å². The standard InChI is InChI=1S/C20H21ClF3N3O6S2/c1-34(29,30)27(18-12-14(20(22,23)24)2-7-17(18)21)13-19(28)25-15-3-5-16(6-4-15)35(31,32)26-8-10-33-11-9-26/h2-7,12H,8-11,13H2,1H3,(H,25,28). The second kappa shape index (κ2) is 10.3. The van der Waals surface area contributed by atoms with E-state index in [2.05, 4.69) is 5.32 Å². The number of carbonyl (C=O) groups is 1. The summed E-state index contributed by atoms with van der Waals surface area (Å²) >= 11 is 5.94. The van der Waals surface area contributed by atoms with Gasteiger partial charge in [0.25, 0.3) is 0 Å². The predicted octanol–water partition coefficient (Wildman–Crippen LogP) is 2.78. The number of carbonyl (C=O) groups excluding carboxylic acids is 1. The minimum absolute atomic E-state index is 0.00842. The van der Waals surface area contributed by atoms with Gasteiger partial charge in [-0.3, -0.25) is 9.10 Å². The van der Waals surface area contributed by atoms with E-state index in [0.29, 0.717) is 16.4 Å². The molecule has 0 bridgehead atoms. The zero-order valence-corrected chi connectivity index (χ0v) is 20.6. The number of sulfonamides is 2. The SMILES string of the molecule is CS(=O)(=O)N(CC(=O)Nc1ccc(S(=O)(=O)N2CCOCC2)cc1)c1cc(C(F)(F)F)ccc1Cl. The first-order chi connectivity index (χ1) is 16.2. The molecule has 9 nitrogen and oxygen atoms in total. The van der Waals surface area contributed by atoms with Crippen molar-refractivity contribution in [2.45, 2.75) is 11.1 Å². The third-order valence-electron chi connectivity index (χ3n) is 4.98. The first kappa shape index (κ1) is 27.2. The summed E-state index contributed by atoms with van der Waals surface area (Å²) in [6.45, 7) is 0.106. The van der Waals surface area contributed by atoms with Crippen LogP contribution in [0.5, 0.6) is 0 Å². The quantitative estimate of drug-likeness (QED) is 0.562. The highest BCUT2D eigenvalue weighted by molar-refractivity contribution is 7.92. The Labute approximate surface area is 205 Å². The second-order valence-corrected chi connectivity index (χ2v) is 11.8. The molecule has 0 aliphatic carbocycles. The largest absolute Gasteiger partial charge is 0.416 e. The Bertz CT molecular complexity index is 1300. The second-order valence-electron chi connectivity index (χ2n) is 7.52. The van der Waals surface area contributed by atoms with Crippen LogP contribution < -0.4 is 9.62 Å². The van der Waals surface area contributed by atoms with Gasteiger partial charge in [-0.1, -0.05) is 11.6 Å². The molecule has 1 saturated heterocycles. The normalized spacial score (nSPS) is 15.6. The molecule has 3 rings (SSSR count). The number of anilines is 2. The number of benzene rings is 2. The fourth-order valence-electron chi connectivity index (χ4n) is 3.24. The fourth-order valence-corrected chi connectivity index (χ4v) is 5.78. The molecular formula is C20H21ClF3N3O6S2. The van der Waals surface area contributed by atoms with Crippen molar-refractivity contribution < 1.29 is 39.5 Å². The van der Waals surface area contributed by atoms with Crippen LogP contribution in [0.25, 0.3) is 0 Å². The average molecular weight is 556 g/mol. The number of hydrogen-bond donors (Lipinski definition) is 1. The number of alkyl halides is 3. The third kappa shape index (κ3) is 6.64. The number of nitrogens with one attached hydrogen (secondary N) is 1. The third-order valence-corrected chi connectivity index (χ3v) is 8.33. The zero-order chi connectivity index (χ0) is 26.0. The molecule has 2 aromatic rings. The summed E-state index contributed by atoms with van der Waals surface area (Å²) in [7, 11) is -7.96. The Morgan fingerprint density at radius 3 is 2.23 bits per heavy atom. The van der Waals surface area contributed by atoms with E-state index < -0.39 is 49.9 Å². The molecule has 0 atom stereocenters. The molecule has 2 aromatic carbocycles. The van der Waals surface area contributed by atoms with E-state index in [4.69, 9.17) is 16.3 Å². The molecule has 0 saturated carbocycles. The van der Waals surface area contributed by atoms with Crippen molar-refractivity contribution in [1.82, 2.24) is 4.31 Å². The maximum atomic E-state index is 13.1. The van der Waals surface area contributed by atoms with Gasteiger partial charge < -0.3 is 10.1 Å². The first-order valence-electron chi connectivity index (χ1n) is 10.0. The zero-order valence-electron chi connectivity index (χ0n) is 18.2. The highest BCUT2D eigenvalue weighted by Crippen LogP contribution is 2.36. The molecule has 0 radical (unpaired) electrons. The maximum absolute atomic E-state index is 13.1. The Morgan fingerprint density at radius 2 is 1.69 bits per heavy atom. The van der Waals surface area contributed by atoms with Gasteiger partial charge in [0.15, 0.2) is 0 Å². The Morgan fingerprint density at radius 1 is 1.09 bits per heavy atom. The fraction of sp³-hybridized carbons (Fsp3) is 0.350. The predicted molar refractivity (Wildman–Crippen MR) is 123 cm³/mol. The minimum atomic E-state index is -4.76. The number of hydrogen-bond acceptors (Lipinski definition) is 6. The molecule has 1 aliphatic rings. The van der Waals surface area contributed by atoms with E-state index in [0.717, 1.165) is 12.3 Å². The summed E-state index contributed by atoms with van der Waals surface area (Å²) in [6, 6.07) is 7.31. The van der Waals surface area contributed by atoms with Gasteiger partial charge in [0.1, 0.15) is 6.54 Å². The van der Waals surface area contributed by atoms with Crippen molar-refractivity contribution >= 4 is 48.9 Å². The Balaban J connectivity index is 1.78. The van der Waals surface area contributed by atoms with Gasteiger partial charge in [-0.05, 0) is 42.5 Å². The van der Waals surface area contributed by atoms with E-state index in [9.17, 15) is 34.8 Å². The highest BCUT2D eigenvalue weighted by atomic mass is 35.5.